The first-order chi connectivity index (χ1) is 9.70. The molecule has 2 N–H and O–H groups in total. The Bertz CT molecular complexity index is 346. The molecule has 0 aromatic carbocycles. The number of rotatable bonds is 6. The third kappa shape index (κ3) is 4.14. The molecule has 7 heteroatoms. The molecule has 2 fully saturated rings. The van der Waals surface area contributed by atoms with Gasteiger partial charge in [0.05, 0.1) is 18.6 Å². The lowest BCUT2D eigenvalue weighted by Crippen LogP contribution is -2.56. The summed E-state index contributed by atoms with van der Waals surface area (Å²) in [5, 5.41) is 5.80. The molecule has 2 heterocycles. The van der Waals surface area contributed by atoms with Crippen LogP contribution in [0.5, 0.6) is 0 Å². The smallest absolute Gasteiger partial charge is 0.240 e. The number of hydrogen-bond donors (Lipinski definition) is 2. The largest absolute Gasteiger partial charge is 0.376 e. The van der Waals surface area contributed by atoms with Crippen LogP contribution in [0.1, 0.15) is 19.3 Å². The summed E-state index contributed by atoms with van der Waals surface area (Å²) >= 11 is 0. The fraction of sp³-hybridized carbons (Fsp3) is 0.846. The van der Waals surface area contributed by atoms with Gasteiger partial charge in [-0.05, 0) is 12.8 Å². The predicted octanol–water partition coefficient (Wildman–Crippen LogP) is -0.558. The number of amides is 2. The Hall–Kier alpha value is -1.21. The molecule has 114 valence electrons. The Kier molecular flexibility index (Phi) is 5.72. The van der Waals surface area contributed by atoms with Crippen LogP contribution in [0, 0.1) is 0 Å². The van der Waals surface area contributed by atoms with Gasteiger partial charge in [-0.15, -0.1) is 0 Å². The van der Waals surface area contributed by atoms with Gasteiger partial charge in [0, 0.05) is 32.8 Å². The monoisotopic (exact) mass is 287 g/mol. The molecule has 2 unspecified atom stereocenters. The molecule has 6 nitrogen and oxygen atoms in total. The van der Waals surface area contributed by atoms with Crippen molar-refractivity contribution in [2.45, 2.75) is 31.4 Å². The second-order valence-electron chi connectivity index (χ2n) is 5.16. The summed E-state index contributed by atoms with van der Waals surface area (Å²) in [6, 6.07) is -0.542. The molecular formula is C13H22FN3O3. The van der Waals surface area contributed by atoms with E-state index in [4.69, 9.17) is 4.74 Å². The van der Waals surface area contributed by atoms with Gasteiger partial charge >= 0.3 is 0 Å². The van der Waals surface area contributed by atoms with Gasteiger partial charge in [0.15, 0.2) is 0 Å². The first-order valence-electron chi connectivity index (χ1n) is 7.17. The number of carbonyl (C=O) groups excluding carboxylic acids is 2. The van der Waals surface area contributed by atoms with Crippen LogP contribution in [-0.2, 0) is 14.3 Å². The fourth-order valence-electron chi connectivity index (χ4n) is 2.57. The molecule has 0 aromatic heterocycles. The van der Waals surface area contributed by atoms with Crippen molar-refractivity contribution in [2.75, 3.05) is 39.5 Å². The maximum atomic E-state index is 12.3. The van der Waals surface area contributed by atoms with Gasteiger partial charge in [0.1, 0.15) is 6.67 Å². The molecule has 2 saturated heterocycles. The van der Waals surface area contributed by atoms with Crippen molar-refractivity contribution in [2.24, 2.45) is 0 Å². The van der Waals surface area contributed by atoms with E-state index in [0.717, 1.165) is 19.4 Å². The average Bonchev–Trinajstić information content (AvgIpc) is 2.94. The van der Waals surface area contributed by atoms with Gasteiger partial charge < -0.3 is 20.3 Å². The summed E-state index contributed by atoms with van der Waals surface area (Å²) < 4.78 is 17.7. The van der Waals surface area contributed by atoms with Crippen molar-refractivity contribution in [3.05, 3.63) is 0 Å². The number of halogens is 1. The molecule has 2 aliphatic rings. The molecule has 0 radical (unpaired) electrons. The summed E-state index contributed by atoms with van der Waals surface area (Å²) in [7, 11) is 0. The van der Waals surface area contributed by atoms with E-state index in [-0.39, 0.29) is 30.9 Å². The van der Waals surface area contributed by atoms with E-state index in [0.29, 0.717) is 19.6 Å². The Morgan fingerprint density at radius 3 is 3.10 bits per heavy atom. The van der Waals surface area contributed by atoms with Gasteiger partial charge in [-0.25, -0.2) is 4.39 Å². The third-order valence-corrected chi connectivity index (χ3v) is 3.68. The number of carbonyl (C=O) groups is 2. The summed E-state index contributed by atoms with van der Waals surface area (Å²) in [5.74, 6) is -0.366. The van der Waals surface area contributed by atoms with Crippen LogP contribution >= 0.6 is 0 Å². The minimum atomic E-state index is -0.552. The number of piperazine rings is 1. The Labute approximate surface area is 118 Å². The topological polar surface area (TPSA) is 70.7 Å². The summed E-state index contributed by atoms with van der Waals surface area (Å²) in [4.78, 5) is 25.3. The van der Waals surface area contributed by atoms with Crippen LogP contribution in [-0.4, -0.2) is 68.3 Å². The highest BCUT2D eigenvalue weighted by molar-refractivity contribution is 5.88. The van der Waals surface area contributed by atoms with Crippen LogP contribution in [0.15, 0.2) is 0 Å². The van der Waals surface area contributed by atoms with E-state index in [1.807, 2.05) is 0 Å². The molecule has 0 aromatic rings. The number of ether oxygens (including phenoxy) is 1. The van der Waals surface area contributed by atoms with Crippen LogP contribution in [0.3, 0.4) is 0 Å². The molecule has 2 rings (SSSR count). The fourth-order valence-corrected chi connectivity index (χ4v) is 2.57. The van der Waals surface area contributed by atoms with E-state index in [2.05, 4.69) is 10.6 Å². The molecule has 0 spiro atoms. The highest BCUT2D eigenvalue weighted by Crippen LogP contribution is 2.11. The maximum Gasteiger partial charge on any atom is 0.240 e. The van der Waals surface area contributed by atoms with Gasteiger partial charge in [-0.2, -0.15) is 0 Å². The number of alkyl halides is 1. The van der Waals surface area contributed by atoms with Gasteiger partial charge in [0.2, 0.25) is 11.8 Å². The van der Waals surface area contributed by atoms with Crippen LogP contribution in [0.25, 0.3) is 0 Å². The minimum absolute atomic E-state index is 0.0916. The first-order valence-corrected chi connectivity index (χ1v) is 7.17. The zero-order valence-corrected chi connectivity index (χ0v) is 11.6. The molecular weight excluding hydrogens is 265 g/mol. The van der Waals surface area contributed by atoms with Crippen LogP contribution in [0.4, 0.5) is 4.39 Å². The number of nitrogens with one attached hydrogen (secondary N) is 2. The highest BCUT2D eigenvalue weighted by Gasteiger charge is 2.29. The second-order valence-corrected chi connectivity index (χ2v) is 5.16. The molecule has 2 atom stereocenters. The van der Waals surface area contributed by atoms with Crippen molar-refractivity contribution >= 4 is 11.8 Å². The molecule has 0 bridgehead atoms. The molecule has 0 aliphatic carbocycles. The van der Waals surface area contributed by atoms with Gasteiger partial charge in [-0.3, -0.25) is 9.59 Å². The number of nitrogens with zero attached hydrogens (tertiary/aromatic N) is 1. The van der Waals surface area contributed by atoms with Crippen molar-refractivity contribution in [1.29, 1.82) is 0 Å². The molecule has 20 heavy (non-hydrogen) atoms. The first kappa shape index (κ1) is 15.2. The van der Waals surface area contributed by atoms with E-state index in [9.17, 15) is 14.0 Å². The Balaban J connectivity index is 1.73. The van der Waals surface area contributed by atoms with Crippen LogP contribution < -0.4 is 10.6 Å². The normalized spacial score (nSPS) is 26.9. The standard InChI is InChI=1S/C13H22FN3O3/c14-3-5-17-6-4-15-11(13(17)19)8-12(18)16-9-10-2-1-7-20-10/h10-11,15H,1-9H2,(H,16,18). The van der Waals surface area contributed by atoms with Gasteiger partial charge in [-0.1, -0.05) is 0 Å². The summed E-state index contributed by atoms with van der Waals surface area (Å²) in [5.41, 5.74) is 0. The lowest BCUT2D eigenvalue weighted by molar-refractivity contribution is -0.138. The third-order valence-electron chi connectivity index (χ3n) is 3.68. The quantitative estimate of drug-likeness (QED) is 0.687. The van der Waals surface area contributed by atoms with E-state index in [1.165, 1.54) is 4.90 Å². The average molecular weight is 287 g/mol. The SMILES string of the molecule is O=C(CC1NCCN(CCF)C1=O)NCC1CCCO1. The Morgan fingerprint density at radius 2 is 2.40 bits per heavy atom. The number of hydrogen-bond acceptors (Lipinski definition) is 4. The van der Waals surface area contributed by atoms with Crippen molar-refractivity contribution in [3.8, 4) is 0 Å². The molecule has 2 aliphatic heterocycles. The van der Waals surface area contributed by atoms with Crippen molar-refractivity contribution in [3.63, 3.8) is 0 Å². The lowest BCUT2D eigenvalue weighted by atomic mass is 10.1. The second kappa shape index (κ2) is 7.54. The zero-order valence-electron chi connectivity index (χ0n) is 11.6. The van der Waals surface area contributed by atoms with Crippen molar-refractivity contribution < 1.29 is 18.7 Å². The van der Waals surface area contributed by atoms with E-state index in [1.54, 1.807) is 0 Å². The minimum Gasteiger partial charge on any atom is -0.376 e. The Morgan fingerprint density at radius 1 is 1.55 bits per heavy atom. The highest BCUT2D eigenvalue weighted by atomic mass is 19.1. The molecule has 0 saturated carbocycles. The summed E-state index contributed by atoms with van der Waals surface area (Å²) in [6.07, 6.45) is 2.18. The summed E-state index contributed by atoms with van der Waals surface area (Å²) in [6.45, 7) is 1.89. The van der Waals surface area contributed by atoms with Crippen LogP contribution in [0.2, 0.25) is 0 Å². The zero-order chi connectivity index (χ0) is 14.4. The molecule has 2 amide bonds. The maximum absolute atomic E-state index is 12.3. The lowest BCUT2D eigenvalue weighted by Gasteiger charge is -2.32. The van der Waals surface area contributed by atoms with E-state index < -0.39 is 12.7 Å². The predicted molar refractivity (Wildman–Crippen MR) is 70.9 cm³/mol. The van der Waals surface area contributed by atoms with E-state index >= 15 is 0 Å². The van der Waals surface area contributed by atoms with Crippen molar-refractivity contribution in [1.82, 2.24) is 15.5 Å². The van der Waals surface area contributed by atoms with Gasteiger partial charge in [0.25, 0.3) is 0 Å².